The first-order valence-corrected chi connectivity index (χ1v) is 7.53. The predicted octanol–water partition coefficient (Wildman–Crippen LogP) is 1.46. The Kier molecular flexibility index (Phi) is 5.44. The third-order valence-electron chi connectivity index (χ3n) is 3.83. The zero-order valence-electron chi connectivity index (χ0n) is 12.9. The molecular weight excluding hydrogens is 266 g/mol. The summed E-state index contributed by atoms with van der Waals surface area (Å²) in [4.78, 5) is 15.7. The summed E-state index contributed by atoms with van der Waals surface area (Å²) in [6.45, 7) is 1.80. The molecular formula is C16H25N3O2. The van der Waals surface area contributed by atoms with Crippen molar-refractivity contribution in [3.05, 3.63) is 29.8 Å². The summed E-state index contributed by atoms with van der Waals surface area (Å²) in [6, 6.07) is 8.27. The second-order valence-corrected chi connectivity index (χ2v) is 5.78. The number of benzene rings is 1. The van der Waals surface area contributed by atoms with Crippen molar-refractivity contribution < 1.29 is 9.90 Å². The fourth-order valence-electron chi connectivity index (χ4n) is 2.53. The number of β-amino-alcohol motifs (C(OH)–C–C–N with tert-alkyl or cyclic N) is 1. The molecule has 1 unspecified atom stereocenters. The minimum Gasteiger partial charge on any atom is -0.391 e. The molecule has 1 aromatic carbocycles. The first-order valence-electron chi connectivity index (χ1n) is 7.53. The second kappa shape index (κ2) is 7.31. The van der Waals surface area contributed by atoms with Gasteiger partial charge in [-0.15, -0.1) is 0 Å². The summed E-state index contributed by atoms with van der Waals surface area (Å²) in [5, 5.41) is 12.5. The number of carbonyl (C=O) groups excluding carboxylic acids is 1. The highest BCUT2D eigenvalue weighted by Crippen LogP contribution is 2.12. The van der Waals surface area contributed by atoms with Crippen molar-refractivity contribution in [2.45, 2.75) is 25.4 Å². The largest absolute Gasteiger partial charge is 0.391 e. The van der Waals surface area contributed by atoms with Crippen LogP contribution in [0.15, 0.2) is 24.3 Å². The maximum Gasteiger partial charge on any atom is 0.317 e. The van der Waals surface area contributed by atoms with Crippen molar-refractivity contribution in [2.24, 2.45) is 0 Å². The lowest BCUT2D eigenvalue weighted by Crippen LogP contribution is -2.47. The lowest BCUT2D eigenvalue weighted by Gasteiger charge is -2.30. The zero-order valence-corrected chi connectivity index (χ0v) is 12.9. The van der Waals surface area contributed by atoms with Gasteiger partial charge in [-0.2, -0.15) is 0 Å². The Balaban J connectivity index is 1.74. The SMILES string of the molecule is CN(C)c1ccc(CCNC(=O)N2CCCC(O)C2)cc1. The number of nitrogens with one attached hydrogen (secondary N) is 1. The smallest absolute Gasteiger partial charge is 0.317 e. The highest BCUT2D eigenvalue weighted by atomic mass is 16.3. The van der Waals surface area contributed by atoms with E-state index in [1.165, 1.54) is 11.3 Å². The molecule has 0 spiro atoms. The van der Waals surface area contributed by atoms with Gasteiger partial charge in [-0.3, -0.25) is 0 Å². The lowest BCUT2D eigenvalue weighted by atomic mass is 10.1. The molecule has 0 aliphatic carbocycles. The van der Waals surface area contributed by atoms with Crippen molar-refractivity contribution in [2.75, 3.05) is 38.6 Å². The van der Waals surface area contributed by atoms with Crippen LogP contribution in [-0.4, -0.2) is 55.9 Å². The van der Waals surface area contributed by atoms with Crippen LogP contribution >= 0.6 is 0 Å². The monoisotopic (exact) mass is 291 g/mol. The average Bonchev–Trinajstić information content (AvgIpc) is 2.47. The van der Waals surface area contributed by atoms with Gasteiger partial charge < -0.3 is 20.2 Å². The third kappa shape index (κ3) is 4.63. The highest BCUT2D eigenvalue weighted by molar-refractivity contribution is 5.74. The van der Waals surface area contributed by atoms with Crippen LogP contribution in [0.5, 0.6) is 0 Å². The molecule has 1 aliphatic rings. The molecule has 5 nitrogen and oxygen atoms in total. The molecule has 21 heavy (non-hydrogen) atoms. The first kappa shape index (κ1) is 15.6. The lowest BCUT2D eigenvalue weighted by molar-refractivity contribution is 0.0843. The van der Waals surface area contributed by atoms with Gasteiger partial charge in [-0.1, -0.05) is 12.1 Å². The quantitative estimate of drug-likeness (QED) is 0.883. The van der Waals surface area contributed by atoms with Crippen LogP contribution in [0.25, 0.3) is 0 Å². The molecule has 2 rings (SSSR count). The van der Waals surface area contributed by atoms with E-state index in [-0.39, 0.29) is 12.1 Å². The van der Waals surface area contributed by atoms with Crippen LogP contribution in [0.2, 0.25) is 0 Å². The standard InChI is InChI=1S/C16H25N3O2/c1-18(2)14-7-5-13(6-8-14)9-10-17-16(21)19-11-3-4-15(20)12-19/h5-8,15,20H,3-4,9-12H2,1-2H3,(H,17,21). The summed E-state index contributed by atoms with van der Waals surface area (Å²) >= 11 is 0. The molecule has 0 saturated carbocycles. The first-order chi connectivity index (χ1) is 10.1. The van der Waals surface area contributed by atoms with Crippen molar-refractivity contribution in [3.8, 4) is 0 Å². The van der Waals surface area contributed by atoms with Crippen LogP contribution in [-0.2, 0) is 6.42 Å². The van der Waals surface area contributed by atoms with Gasteiger partial charge in [0, 0.05) is 39.4 Å². The molecule has 0 radical (unpaired) electrons. The normalized spacial score (nSPS) is 18.4. The van der Waals surface area contributed by atoms with Crippen LogP contribution in [0.3, 0.4) is 0 Å². The maximum absolute atomic E-state index is 12.0. The van der Waals surface area contributed by atoms with Crippen LogP contribution in [0, 0.1) is 0 Å². The Hall–Kier alpha value is -1.75. The van der Waals surface area contributed by atoms with E-state index < -0.39 is 0 Å². The summed E-state index contributed by atoms with van der Waals surface area (Å²) in [7, 11) is 4.03. The van der Waals surface area contributed by atoms with Crippen molar-refractivity contribution in [1.29, 1.82) is 0 Å². The Morgan fingerprint density at radius 3 is 2.71 bits per heavy atom. The van der Waals surface area contributed by atoms with Gasteiger partial charge in [0.15, 0.2) is 0 Å². The van der Waals surface area contributed by atoms with Gasteiger partial charge >= 0.3 is 6.03 Å². The molecule has 2 amide bonds. The van der Waals surface area contributed by atoms with E-state index in [0.717, 1.165) is 25.8 Å². The molecule has 1 atom stereocenters. The van der Waals surface area contributed by atoms with Crippen molar-refractivity contribution >= 4 is 11.7 Å². The van der Waals surface area contributed by atoms with E-state index in [4.69, 9.17) is 0 Å². The number of anilines is 1. The zero-order chi connectivity index (χ0) is 15.2. The van der Waals surface area contributed by atoms with Crippen molar-refractivity contribution in [3.63, 3.8) is 0 Å². The molecule has 116 valence electrons. The van der Waals surface area contributed by atoms with Crippen LogP contribution in [0.4, 0.5) is 10.5 Å². The number of hydrogen-bond acceptors (Lipinski definition) is 3. The van der Waals surface area contributed by atoms with Gasteiger partial charge in [-0.25, -0.2) is 4.79 Å². The minimum atomic E-state index is -0.372. The summed E-state index contributed by atoms with van der Waals surface area (Å²) in [5.41, 5.74) is 2.38. The Bertz CT molecular complexity index is 459. The molecule has 5 heteroatoms. The van der Waals surface area contributed by atoms with E-state index in [1.54, 1.807) is 4.90 Å². The van der Waals surface area contributed by atoms with Gasteiger partial charge in [0.2, 0.25) is 0 Å². The van der Waals surface area contributed by atoms with Gasteiger partial charge in [0.25, 0.3) is 0 Å². The maximum atomic E-state index is 12.0. The van der Waals surface area contributed by atoms with E-state index in [9.17, 15) is 9.90 Å². The number of likely N-dealkylation sites (tertiary alicyclic amines) is 1. The molecule has 1 fully saturated rings. The number of amides is 2. The fourth-order valence-corrected chi connectivity index (χ4v) is 2.53. The Labute approximate surface area is 126 Å². The van der Waals surface area contributed by atoms with E-state index in [1.807, 2.05) is 14.1 Å². The fraction of sp³-hybridized carbons (Fsp3) is 0.562. The third-order valence-corrected chi connectivity index (χ3v) is 3.83. The Morgan fingerprint density at radius 2 is 2.10 bits per heavy atom. The van der Waals surface area contributed by atoms with Crippen molar-refractivity contribution in [1.82, 2.24) is 10.2 Å². The molecule has 2 N–H and O–H groups in total. The van der Waals surface area contributed by atoms with Crippen LogP contribution in [0.1, 0.15) is 18.4 Å². The Morgan fingerprint density at radius 1 is 1.38 bits per heavy atom. The molecule has 1 aliphatic heterocycles. The average molecular weight is 291 g/mol. The molecule has 0 bridgehead atoms. The molecule has 0 aromatic heterocycles. The number of aliphatic hydroxyl groups excluding tert-OH is 1. The minimum absolute atomic E-state index is 0.0707. The van der Waals surface area contributed by atoms with E-state index >= 15 is 0 Å². The van der Waals surface area contributed by atoms with Gasteiger partial charge in [-0.05, 0) is 37.0 Å². The number of urea groups is 1. The molecule has 1 saturated heterocycles. The summed E-state index contributed by atoms with van der Waals surface area (Å²) in [5.74, 6) is 0. The predicted molar refractivity (Wildman–Crippen MR) is 84.7 cm³/mol. The van der Waals surface area contributed by atoms with E-state index in [2.05, 4.69) is 34.5 Å². The van der Waals surface area contributed by atoms with Gasteiger partial charge in [0.05, 0.1) is 6.10 Å². The number of aliphatic hydroxyl groups is 1. The van der Waals surface area contributed by atoms with Crippen LogP contribution < -0.4 is 10.2 Å². The number of carbonyl (C=O) groups is 1. The molecule has 1 heterocycles. The van der Waals surface area contributed by atoms with E-state index in [0.29, 0.717) is 13.1 Å². The number of piperidine rings is 1. The summed E-state index contributed by atoms with van der Waals surface area (Å²) in [6.07, 6.45) is 2.11. The number of rotatable bonds is 4. The summed E-state index contributed by atoms with van der Waals surface area (Å²) < 4.78 is 0. The topological polar surface area (TPSA) is 55.8 Å². The number of hydrogen-bond donors (Lipinski definition) is 2. The second-order valence-electron chi connectivity index (χ2n) is 5.78. The van der Waals surface area contributed by atoms with Gasteiger partial charge in [0.1, 0.15) is 0 Å². The molecule has 1 aromatic rings. The number of nitrogens with zero attached hydrogens (tertiary/aromatic N) is 2. The highest BCUT2D eigenvalue weighted by Gasteiger charge is 2.21.